The number of carbonyl (C=O) groups excluding carboxylic acids is 1. The van der Waals surface area contributed by atoms with Crippen molar-refractivity contribution in [1.82, 2.24) is 0 Å². The first-order valence-electron chi connectivity index (χ1n) is 6.77. The van der Waals surface area contributed by atoms with E-state index >= 15 is 0 Å². The molecule has 0 aliphatic heterocycles. The molecular weight excluding hydrogens is 300 g/mol. The van der Waals surface area contributed by atoms with E-state index in [4.69, 9.17) is 11.6 Å². The number of aromatic carboxylic acids is 1. The number of hydrazone groups is 1. The lowest BCUT2D eigenvalue weighted by Gasteiger charge is -2.10. The predicted octanol–water partition coefficient (Wildman–Crippen LogP) is 3.16. The molecule has 0 aromatic heterocycles. The molecule has 0 radical (unpaired) electrons. The number of nitrogens with zero attached hydrogens (tertiary/aromatic N) is 1. The van der Waals surface area contributed by atoms with Crippen molar-refractivity contribution in [3.8, 4) is 0 Å². The maximum Gasteiger partial charge on any atom is 0.0754 e. The van der Waals surface area contributed by atoms with Crippen LogP contribution >= 0.6 is 11.6 Å². The molecule has 1 N–H and O–H groups in total. The number of anilines is 1. The minimum atomic E-state index is -1.25. The van der Waals surface area contributed by atoms with Gasteiger partial charge in [0, 0.05) is 5.56 Å². The van der Waals surface area contributed by atoms with Gasteiger partial charge in [0.25, 0.3) is 0 Å². The lowest BCUT2D eigenvalue weighted by atomic mass is 10.0. The van der Waals surface area contributed by atoms with Gasteiger partial charge < -0.3 is 9.90 Å². The average Bonchev–Trinajstić information content (AvgIpc) is 2.48. The Morgan fingerprint density at radius 3 is 2.59 bits per heavy atom. The molecule has 114 valence electrons. The van der Waals surface area contributed by atoms with Crippen molar-refractivity contribution in [2.75, 3.05) is 5.43 Å². The van der Waals surface area contributed by atoms with Gasteiger partial charge in [-0.25, -0.2) is 0 Å². The lowest BCUT2D eigenvalue weighted by molar-refractivity contribution is -0.255. The number of rotatable bonds is 4. The Hall–Kier alpha value is -2.33. The summed E-state index contributed by atoms with van der Waals surface area (Å²) in [5, 5.41) is 15.6. The van der Waals surface area contributed by atoms with Gasteiger partial charge in [0.05, 0.1) is 22.4 Å². The summed E-state index contributed by atoms with van der Waals surface area (Å²) in [5.41, 5.74) is 7.36. The van der Waals surface area contributed by atoms with Crippen molar-refractivity contribution in [2.24, 2.45) is 5.10 Å². The van der Waals surface area contributed by atoms with Crippen LogP contribution in [0.25, 0.3) is 0 Å². The number of hydrogen-bond acceptors (Lipinski definition) is 4. The van der Waals surface area contributed by atoms with E-state index in [-0.39, 0.29) is 5.56 Å². The van der Waals surface area contributed by atoms with E-state index in [1.54, 1.807) is 0 Å². The third kappa shape index (κ3) is 3.65. The first-order valence-corrected chi connectivity index (χ1v) is 7.15. The van der Waals surface area contributed by atoms with Crippen LogP contribution < -0.4 is 10.5 Å². The molecule has 0 fully saturated rings. The van der Waals surface area contributed by atoms with Gasteiger partial charge in [0.15, 0.2) is 0 Å². The fourth-order valence-electron chi connectivity index (χ4n) is 2.07. The fraction of sp³-hybridized carbons (Fsp3) is 0.176. The van der Waals surface area contributed by atoms with Crippen molar-refractivity contribution in [3.63, 3.8) is 0 Å². The van der Waals surface area contributed by atoms with Crippen LogP contribution in [0, 0.1) is 13.8 Å². The van der Waals surface area contributed by atoms with Gasteiger partial charge in [0.2, 0.25) is 0 Å². The van der Waals surface area contributed by atoms with E-state index in [2.05, 4.69) is 16.6 Å². The third-order valence-electron chi connectivity index (χ3n) is 3.33. The molecule has 0 saturated heterocycles. The summed E-state index contributed by atoms with van der Waals surface area (Å²) in [6.07, 6.45) is 0. The highest BCUT2D eigenvalue weighted by molar-refractivity contribution is 6.33. The maximum atomic E-state index is 10.9. The minimum Gasteiger partial charge on any atom is -0.545 e. The summed E-state index contributed by atoms with van der Waals surface area (Å²) < 4.78 is 0. The molecular formula is C17H16ClN2O2-. The quantitative estimate of drug-likeness (QED) is 0.696. The second-order valence-corrected chi connectivity index (χ2v) is 5.52. The number of carboxylic acids is 1. The Morgan fingerprint density at radius 2 is 1.91 bits per heavy atom. The van der Waals surface area contributed by atoms with Crippen LogP contribution in [0.15, 0.2) is 41.5 Å². The van der Waals surface area contributed by atoms with Crippen molar-refractivity contribution in [3.05, 3.63) is 63.7 Å². The lowest BCUT2D eigenvalue weighted by Crippen LogP contribution is -2.22. The van der Waals surface area contributed by atoms with Crippen LogP contribution in [0.4, 0.5) is 5.69 Å². The Balaban J connectivity index is 2.29. The van der Waals surface area contributed by atoms with E-state index < -0.39 is 5.97 Å². The molecule has 2 aromatic carbocycles. The highest BCUT2D eigenvalue weighted by Crippen LogP contribution is 2.23. The molecule has 0 atom stereocenters. The van der Waals surface area contributed by atoms with Crippen LogP contribution in [0.5, 0.6) is 0 Å². The molecule has 0 saturated carbocycles. The first-order chi connectivity index (χ1) is 10.4. The normalized spacial score (nSPS) is 11.4. The summed E-state index contributed by atoms with van der Waals surface area (Å²) in [6, 6.07) is 10.4. The van der Waals surface area contributed by atoms with Gasteiger partial charge in [-0.1, -0.05) is 35.4 Å². The number of carboxylic acid groups (broad SMARTS) is 1. The zero-order chi connectivity index (χ0) is 16.3. The predicted molar refractivity (Wildman–Crippen MR) is 87.5 cm³/mol. The molecule has 4 nitrogen and oxygen atoms in total. The summed E-state index contributed by atoms with van der Waals surface area (Å²) in [5.74, 6) is -1.25. The molecule has 0 unspecified atom stereocenters. The molecule has 0 aliphatic rings. The molecule has 5 heteroatoms. The molecule has 0 aliphatic carbocycles. The Morgan fingerprint density at radius 1 is 1.18 bits per heavy atom. The second-order valence-electron chi connectivity index (χ2n) is 5.11. The van der Waals surface area contributed by atoms with Gasteiger partial charge in [-0.3, -0.25) is 5.43 Å². The minimum absolute atomic E-state index is 0.0477. The molecule has 0 bridgehead atoms. The van der Waals surface area contributed by atoms with E-state index in [0.29, 0.717) is 10.7 Å². The Bertz CT molecular complexity index is 754. The number of carbonyl (C=O) groups is 1. The molecule has 2 rings (SSSR count). The summed E-state index contributed by atoms with van der Waals surface area (Å²) in [7, 11) is 0. The van der Waals surface area contributed by atoms with E-state index in [0.717, 1.165) is 22.4 Å². The van der Waals surface area contributed by atoms with Gasteiger partial charge in [0.1, 0.15) is 0 Å². The molecule has 2 aromatic rings. The largest absolute Gasteiger partial charge is 0.545 e. The SMILES string of the molecule is C/C(=N/Nc1cc(C(=O)[O-])ccc1Cl)c1cc(C)ccc1C. The second kappa shape index (κ2) is 6.62. The maximum absolute atomic E-state index is 10.9. The zero-order valence-corrected chi connectivity index (χ0v) is 13.4. The topological polar surface area (TPSA) is 64.5 Å². The van der Waals surface area contributed by atoms with Crippen LogP contribution in [0.3, 0.4) is 0 Å². The van der Waals surface area contributed by atoms with E-state index in [9.17, 15) is 9.90 Å². The average molecular weight is 316 g/mol. The molecule has 22 heavy (non-hydrogen) atoms. The Labute approximate surface area is 134 Å². The van der Waals surface area contributed by atoms with E-state index in [1.807, 2.05) is 32.9 Å². The van der Waals surface area contributed by atoms with Gasteiger partial charge >= 0.3 is 0 Å². The van der Waals surface area contributed by atoms with Gasteiger partial charge in [-0.05, 0) is 50.1 Å². The van der Waals surface area contributed by atoms with Gasteiger partial charge in [-0.2, -0.15) is 5.10 Å². The molecule has 0 heterocycles. The van der Waals surface area contributed by atoms with Crippen molar-refractivity contribution in [1.29, 1.82) is 0 Å². The smallest absolute Gasteiger partial charge is 0.0754 e. The fourth-order valence-corrected chi connectivity index (χ4v) is 2.23. The van der Waals surface area contributed by atoms with Crippen molar-refractivity contribution < 1.29 is 9.90 Å². The highest BCUT2D eigenvalue weighted by atomic mass is 35.5. The number of hydrogen-bond donors (Lipinski definition) is 1. The van der Waals surface area contributed by atoms with E-state index in [1.165, 1.54) is 18.2 Å². The number of aryl methyl sites for hydroxylation is 2. The number of benzene rings is 2. The monoisotopic (exact) mass is 315 g/mol. The van der Waals surface area contributed by atoms with Crippen LogP contribution in [0.1, 0.15) is 34.0 Å². The zero-order valence-electron chi connectivity index (χ0n) is 12.6. The van der Waals surface area contributed by atoms with Gasteiger partial charge in [-0.15, -0.1) is 0 Å². The Kier molecular flexibility index (Phi) is 4.83. The first kappa shape index (κ1) is 16.0. The third-order valence-corrected chi connectivity index (χ3v) is 3.66. The van der Waals surface area contributed by atoms with Crippen LogP contribution in [-0.4, -0.2) is 11.7 Å². The number of halogens is 1. The van der Waals surface area contributed by atoms with Crippen LogP contribution in [-0.2, 0) is 0 Å². The summed E-state index contributed by atoms with van der Waals surface area (Å²) in [6.45, 7) is 5.91. The van der Waals surface area contributed by atoms with Crippen molar-refractivity contribution in [2.45, 2.75) is 20.8 Å². The van der Waals surface area contributed by atoms with Crippen molar-refractivity contribution >= 4 is 29.0 Å². The summed E-state index contributed by atoms with van der Waals surface area (Å²) >= 11 is 6.04. The highest BCUT2D eigenvalue weighted by Gasteiger charge is 2.05. The standard InChI is InChI=1S/C17H17ClN2O2/c1-10-4-5-11(2)14(8-10)12(3)19-20-16-9-13(17(21)22)6-7-15(16)18/h4-9,20H,1-3H3,(H,21,22)/p-1/b19-12-. The number of nitrogens with one attached hydrogen (secondary N) is 1. The molecule has 0 spiro atoms. The molecule has 0 amide bonds. The van der Waals surface area contributed by atoms with Crippen LogP contribution in [0.2, 0.25) is 5.02 Å². The summed E-state index contributed by atoms with van der Waals surface area (Å²) in [4.78, 5) is 10.9.